The van der Waals surface area contributed by atoms with Crippen LogP contribution in [-0.4, -0.2) is 26.4 Å². The number of benzene rings is 2. The second-order valence-corrected chi connectivity index (χ2v) is 8.10. The molecule has 4 nitrogen and oxygen atoms in total. The standard InChI is InChI=1S/C19H24N2O2S/c22-24(23,16-18-7-3-1-4-8-18)20-19-11-9-17(10-12-19)15-21-13-5-2-6-14-21/h1,3-4,7-12,20H,2,5-6,13-16H2. The van der Waals surface area contributed by atoms with Crippen LogP contribution in [-0.2, 0) is 22.3 Å². The van der Waals surface area contributed by atoms with Crippen LogP contribution in [0.2, 0.25) is 0 Å². The van der Waals surface area contributed by atoms with Crippen LogP contribution in [0.4, 0.5) is 5.69 Å². The van der Waals surface area contributed by atoms with Crippen molar-refractivity contribution in [2.45, 2.75) is 31.6 Å². The number of rotatable bonds is 6. The molecule has 1 saturated heterocycles. The maximum Gasteiger partial charge on any atom is 0.236 e. The third-order valence-electron chi connectivity index (χ3n) is 4.28. The molecule has 1 fully saturated rings. The Morgan fingerprint density at radius 3 is 2.17 bits per heavy atom. The van der Waals surface area contributed by atoms with Gasteiger partial charge in [0.25, 0.3) is 0 Å². The van der Waals surface area contributed by atoms with Crippen LogP contribution < -0.4 is 4.72 Å². The molecule has 5 heteroatoms. The largest absolute Gasteiger partial charge is 0.299 e. The molecule has 2 aromatic rings. The summed E-state index contributed by atoms with van der Waals surface area (Å²) in [5.74, 6) is -0.0105. The van der Waals surface area contributed by atoms with E-state index in [1.165, 1.54) is 24.8 Å². The van der Waals surface area contributed by atoms with Crippen LogP contribution in [0.25, 0.3) is 0 Å². The number of hydrogen-bond donors (Lipinski definition) is 1. The van der Waals surface area contributed by atoms with Crippen molar-refractivity contribution in [2.24, 2.45) is 0 Å². The van der Waals surface area contributed by atoms with Crippen molar-refractivity contribution in [1.82, 2.24) is 4.90 Å². The second kappa shape index (κ2) is 7.81. The Morgan fingerprint density at radius 2 is 1.50 bits per heavy atom. The third-order valence-corrected chi connectivity index (χ3v) is 5.54. The van der Waals surface area contributed by atoms with Gasteiger partial charge >= 0.3 is 0 Å². The fourth-order valence-corrected chi connectivity index (χ4v) is 4.26. The first kappa shape index (κ1) is 17.0. The topological polar surface area (TPSA) is 49.4 Å². The number of hydrogen-bond acceptors (Lipinski definition) is 3. The van der Waals surface area contributed by atoms with Gasteiger partial charge in [-0.3, -0.25) is 9.62 Å². The number of piperidine rings is 1. The van der Waals surface area contributed by atoms with Gasteiger partial charge in [-0.2, -0.15) is 0 Å². The Morgan fingerprint density at radius 1 is 0.833 bits per heavy atom. The molecule has 0 aliphatic carbocycles. The average Bonchev–Trinajstić information content (AvgIpc) is 2.58. The summed E-state index contributed by atoms with van der Waals surface area (Å²) in [6, 6.07) is 16.9. The summed E-state index contributed by atoms with van der Waals surface area (Å²) in [5, 5.41) is 0. The van der Waals surface area contributed by atoms with Crippen molar-refractivity contribution in [1.29, 1.82) is 0 Å². The zero-order chi connectivity index (χ0) is 16.8. The van der Waals surface area contributed by atoms with E-state index in [1.54, 1.807) is 0 Å². The van der Waals surface area contributed by atoms with Gasteiger partial charge in [0.15, 0.2) is 0 Å². The highest BCUT2D eigenvalue weighted by Crippen LogP contribution is 2.17. The quantitative estimate of drug-likeness (QED) is 0.871. The number of anilines is 1. The lowest BCUT2D eigenvalue weighted by Gasteiger charge is -2.26. The molecule has 0 aromatic heterocycles. The smallest absolute Gasteiger partial charge is 0.236 e. The molecule has 1 N–H and O–H groups in total. The summed E-state index contributed by atoms with van der Waals surface area (Å²) in [6.07, 6.45) is 3.88. The Bertz CT molecular complexity index is 737. The maximum atomic E-state index is 12.3. The van der Waals surface area contributed by atoms with Gasteiger partial charge in [-0.15, -0.1) is 0 Å². The molecule has 0 spiro atoms. The first-order valence-electron chi connectivity index (χ1n) is 8.46. The van der Waals surface area contributed by atoms with Crippen LogP contribution in [0.5, 0.6) is 0 Å². The molecule has 0 saturated carbocycles. The molecule has 0 bridgehead atoms. The van der Waals surface area contributed by atoms with Gasteiger partial charge in [0, 0.05) is 12.2 Å². The van der Waals surface area contributed by atoms with E-state index in [9.17, 15) is 8.42 Å². The SMILES string of the molecule is O=S(=O)(Cc1ccccc1)Nc1ccc(CN2CCCCC2)cc1. The highest BCUT2D eigenvalue weighted by Gasteiger charge is 2.13. The summed E-state index contributed by atoms with van der Waals surface area (Å²) >= 11 is 0. The van der Waals surface area contributed by atoms with Crippen LogP contribution in [0.15, 0.2) is 54.6 Å². The van der Waals surface area contributed by atoms with Crippen LogP contribution in [0, 0.1) is 0 Å². The van der Waals surface area contributed by atoms with Gasteiger partial charge in [-0.05, 0) is 49.2 Å². The zero-order valence-electron chi connectivity index (χ0n) is 13.8. The number of likely N-dealkylation sites (tertiary alicyclic amines) is 1. The van der Waals surface area contributed by atoms with E-state index < -0.39 is 10.0 Å². The fourth-order valence-electron chi connectivity index (χ4n) is 3.06. The Hall–Kier alpha value is -1.85. The molecular weight excluding hydrogens is 320 g/mol. The van der Waals surface area contributed by atoms with Crippen molar-refractivity contribution in [3.05, 3.63) is 65.7 Å². The number of sulfonamides is 1. The molecule has 128 valence electrons. The Balaban J connectivity index is 1.59. The third kappa shape index (κ3) is 5.08. The minimum Gasteiger partial charge on any atom is -0.299 e. The second-order valence-electron chi connectivity index (χ2n) is 6.38. The summed E-state index contributed by atoms with van der Waals surface area (Å²) in [4.78, 5) is 2.46. The zero-order valence-corrected chi connectivity index (χ0v) is 14.6. The summed E-state index contributed by atoms with van der Waals surface area (Å²) < 4.78 is 27.2. The fraction of sp³-hybridized carbons (Fsp3) is 0.368. The molecule has 1 aliphatic rings. The minimum atomic E-state index is -3.39. The molecule has 3 rings (SSSR count). The predicted octanol–water partition coefficient (Wildman–Crippen LogP) is 3.61. The number of nitrogens with one attached hydrogen (secondary N) is 1. The van der Waals surface area contributed by atoms with Crippen LogP contribution in [0.3, 0.4) is 0 Å². The molecule has 0 unspecified atom stereocenters. The average molecular weight is 344 g/mol. The molecule has 1 aliphatic heterocycles. The lowest BCUT2D eigenvalue weighted by atomic mass is 10.1. The highest BCUT2D eigenvalue weighted by molar-refractivity contribution is 7.91. The first-order valence-corrected chi connectivity index (χ1v) is 10.1. The van der Waals surface area contributed by atoms with Crippen LogP contribution >= 0.6 is 0 Å². The lowest BCUT2D eigenvalue weighted by molar-refractivity contribution is 0.221. The van der Waals surface area contributed by atoms with E-state index in [1.807, 2.05) is 54.6 Å². The summed E-state index contributed by atoms with van der Waals surface area (Å²) in [7, 11) is -3.39. The maximum absolute atomic E-state index is 12.3. The summed E-state index contributed by atoms with van der Waals surface area (Å²) in [5.41, 5.74) is 2.63. The Kier molecular flexibility index (Phi) is 5.53. The van der Waals surface area contributed by atoms with E-state index in [-0.39, 0.29) is 5.75 Å². The summed E-state index contributed by atoms with van der Waals surface area (Å²) in [6.45, 7) is 3.26. The van der Waals surface area contributed by atoms with E-state index in [0.717, 1.165) is 25.2 Å². The number of nitrogens with zero attached hydrogens (tertiary/aromatic N) is 1. The highest BCUT2D eigenvalue weighted by atomic mass is 32.2. The monoisotopic (exact) mass is 344 g/mol. The molecule has 2 aromatic carbocycles. The van der Waals surface area contributed by atoms with Crippen molar-refractivity contribution in [2.75, 3.05) is 17.8 Å². The molecule has 0 amide bonds. The lowest BCUT2D eigenvalue weighted by Crippen LogP contribution is -2.29. The first-order chi connectivity index (χ1) is 11.6. The van der Waals surface area contributed by atoms with E-state index in [0.29, 0.717) is 5.69 Å². The van der Waals surface area contributed by atoms with Gasteiger partial charge in [0.1, 0.15) is 0 Å². The normalized spacial score (nSPS) is 16.0. The van der Waals surface area contributed by atoms with E-state index in [2.05, 4.69) is 9.62 Å². The van der Waals surface area contributed by atoms with E-state index >= 15 is 0 Å². The van der Waals surface area contributed by atoms with Gasteiger partial charge in [-0.1, -0.05) is 48.9 Å². The van der Waals surface area contributed by atoms with Gasteiger partial charge in [-0.25, -0.2) is 8.42 Å². The molecule has 0 radical (unpaired) electrons. The van der Waals surface area contributed by atoms with Gasteiger partial charge in [0.05, 0.1) is 5.75 Å². The van der Waals surface area contributed by atoms with Crippen LogP contribution in [0.1, 0.15) is 30.4 Å². The van der Waals surface area contributed by atoms with E-state index in [4.69, 9.17) is 0 Å². The molecule has 24 heavy (non-hydrogen) atoms. The molecule has 0 atom stereocenters. The minimum absolute atomic E-state index is 0.0105. The predicted molar refractivity (Wildman–Crippen MR) is 98.3 cm³/mol. The Labute approximate surface area is 144 Å². The van der Waals surface area contributed by atoms with Gasteiger partial charge < -0.3 is 0 Å². The van der Waals surface area contributed by atoms with Gasteiger partial charge in [0.2, 0.25) is 10.0 Å². The molecule has 1 heterocycles. The van der Waals surface area contributed by atoms with Crippen molar-refractivity contribution >= 4 is 15.7 Å². The van der Waals surface area contributed by atoms with Crippen molar-refractivity contribution < 1.29 is 8.42 Å². The van der Waals surface area contributed by atoms with Crippen molar-refractivity contribution in [3.63, 3.8) is 0 Å². The van der Waals surface area contributed by atoms with Crippen molar-refractivity contribution in [3.8, 4) is 0 Å². The molecular formula is C19H24N2O2S.